The average Bonchev–Trinajstić information content (AvgIpc) is 2.15. The summed E-state index contributed by atoms with van der Waals surface area (Å²) >= 11 is 0. The predicted octanol–water partition coefficient (Wildman–Crippen LogP) is 1.50. The lowest BCUT2D eigenvalue weighted by atomic mass is 10.2. The molecule has 0 saturated heterocycles. The van der Waals surface area contributed by atoms with Gasteiger partial charge >= 0.3 is 6.18 Å². The van der Waals surface area contributed by atoms with Crippen LogP contribution in [0.5, 0.6) is 0 Å². The molecule has 0 aromatic carbocycles. The second-order valence-electron chi connectivity index (χ2n) is 3.79. The minimum atomic E-state index is -4.14. The third-order valence-electron chi connectivity index (χ3n) is 2.20. The summed E-state index contributed by atoms with van der Waals surface area (Å²) < 4.78 is 41.8. The van der Waals surface area contributed by atoms with Crippen LogP contribution >= 0.6 is 0 Å². The lowest BCUT2D eigenvalue weighted by Gasteiger charge is -2.27. The van der Waals surface area contributed by atoms with Crippen molar-refractivity contribution in [2.24, 2.45) is 0 Å². The van der Waals surface area contributed by atoms with E-state index in [2.05, 4.69) is 5.32 Å². The Morgan fingerprint density at radius 1 is 1.38 bits per heavy atom. The monoisotopic (exact) mass is 242 g/mol. The van der Waals surface area contributed by atoms with Gasteiger partial charge in [-0.2, -0.15) is 13.2 Å². The molecule has 0 aliphatic rings. The number of halogens is 3. The number of nitrogens with zero attached hydrogens (tertiary/aromatic N) is 1. The molecule has 0 amide bonds. The standard InChI is InChI=1S/C10H21F3N2O/c1-4-5-15(8-10(11,12)13)6-9(14-2)7-16-3/h9,14H,4-8H2,1-3H3. The molecule has 0 aliphatic carbocycles. The van der Waals surface area contributed by atoms with Crippen LogP contribution < -0.4 is 5.32 Å². The molecule has 1 unspecified atom stereocenters. The smallest absolute Gasteiger partial charge is 0.383 e. The number of hydrogen-bond donors (Lipinski definition) is 1. The maximum absolute atomic E-state index is 12.3. The highest BCUT2D eigenvalue weighted by molar-refractivity contribution is 4.72. The van der Waals surface area contributed by atoms with E-state index in [0.717, 1.165) is 0 Å². The Kier molecular flexibility index (Phi) is 7.70. The van der Waals surface area contributed by atoms with Crippen LogP contribution in [0, 0.1) is 0 Å². The van der Waals surface area contributed by atoms with E-state index in [0.29, 0.717) is 26.1 Å². The van der Waals surface area contributed by atoms with Gasteiger partial charge in [-0.15, -0.1) is 0 Å². The summed E-state index contributed by atoms with van der Waals surface area (Å²) in [6.45, 7) is 2.21. The molecule has 0 spiro atoms. The summed E-state index contributed by atoms with van der Waals surface area (Å²) in [5.74, 6) is 0. The third kappa shape index (κ3) is 7.90. The molecular formula is C10H21F3N2O. The lowest BCUT2D eigenvalue weighted by Crippen LogP contribution is -2.45. The molecule has 0 radical (unpaired) electrons. The number of alkyl halides is 3. The molecule has 16 heavy (non-hydrogen) atoms. The SMILES string of the molecule is CCCN(CC(COC)NC)CC(F)(F)F. The fourth-order valence-corrected chi connectivity index (χ4v) is 1.54. The number of likely N-dealkylation sites (N-methyl/N-ethyl adjacent to an activating group) is 1. The highest BCUT2D eigenvalue weighted by Gasteiger charge is 2.31. The summed E-state index contributed by atoms with van der Waals surface area (Å²) in [5, 5.41) is 2.94. The molecule has 98 valence electrons. The predicted molar refractivity (Wildman–Crippen MR) is 57.5 cm³/mol. The van der Waals surface area contributed by atoms with Gasteiger partial charge in [0.05, 0.1) is 13.2 Å². The number of nitrogens with one attached hydrogen (secondary N) is 1. The largest absolute Gasteiger partial charge is 0.401 e. The molecule has 0 fully saturated rings. The first-order valence-corrected chi connectivity index (χ1v) is 5.38. The van der Waals surface area contributed by atoms with Gasteiger partial charge in [0, 0.05) is 19.7 Å². The maximum atomic E-state index is 12.3. The van der Waals surface area contributed by atoms with Crippen molar-refractivity contribution in [3.8, 4) is 0 Å². The quantitative estimate of drug-likeness (QED) is 0.698. The van der Waals surface area contributed by atoms with Crippen LogP contribution in [0.25, 0.3) is 0 Å². The van der Waals surface area contributed by atoms with E-state index >= 15 is 0 Å². The highest BCUT2D eigenvalue weighted by Crippen LogP contribution is 2.16. The molecule has 1 N–H and O–H groups in total. The van der Waals surface area contributed by atoms with Crippen molar-refractivity contribution in [2.75, 3.05) is 40.4 Å². The van der Waals surface area contributed by atoms with Crippen molar-refractivity contribution in [1.82, 2.24) is 10.2 Å². The van der Waals surface area contributed by atoms with Crippen molar-refractivity contribution in [1.29, 1.82) is 0 Å². The number of hydrogen-bond acceptors (Lipinski definition) is 3. The molecule has 0 aromatic rings. The summed E-state index contributed by atoms with van der Waals surface area (Å²) in [6.07, 6.45) is -3.43. The van der Waals surface area contributed by atoms with E-state index in [1.165, 1.54) is 12.0 Å². The van der Waals surface area contributed by atoms with Crippen molar-refractivity contribution in [3.05, 3.63) is 0 Å². The molecule has 0 saturated carbocycles. The normalized spacial score (nSPS) is 14.4. The van der Waals surface area contributed by atoms with Crippen molar-refractivity contribution >= 4 is 0 Å². The van der Waals surface area contributed by atoms with Crippen LogP contribution in [0.3, 0.4) is 0 Å². The van der Waals surface area contributed by atoms with Gasteiger partial charge in [0.15, 0.2) is 0 Å². The summed E-state index contributed by atoms with van der Waals surface area (Å²) in [7, 11) is 3.26. The van der Waals surface area contributed by atoms with Gasteiger partial charge in [-0.25, -0.2) is 0 Å². The molecule has 0 bridgehead atoms. The molecule has 0 aliphatic heterocycles. The van der Waals surface area contributed by atoms with Gasteiger partial charge in [0.1, 0.15) is 0 Å². The zero-order valence-corrected chi connectivity index (χ0v) is 10.1. The molecule has 3 nitrogen and oxygen atoms in total. The van der Waals surface area contributed by atoms with Crippen LogP contribution in [0.1, 0.15) is 13.3 Å². The molecule has 0 aromatic heterocycles. The average molecular weight is 242 g/mol. The molecule has 1 atom stereocenters. The Bertz CT molecular complexity index is 176. The zero-order chi connectivity index (χ0) is 12.6. The van der Waals surface area contributed by atoms with Gasteiger partial charge in [-0.05, 0) is 20.0 Å². The lowest BCUT2D eigenvalue weighted by molar-refractivity contribution is -0.146. The molecule has 0 heterocycles. The molecule has 6 heteroatoms. The fraction of sp³-hybridized carbons (Fsp3) is 1.00. The van der Waals surface area contributed by atoms with Gasteiger partial charge in [0.25, 0.3) is 0 Å². The van der Waals surface area contributed by atoms with E-state index in [9.17, 15) is 13.2 Å². The van der Waals surface area contributed by atoms with Crippen LogP contribution in [0.4, 0.5) is 13.2 Å². The Morgan fingerprint density at radius 2 is 2.00 bits per heavy atom. The molecular weight excluding hydrogens is 221 g/mol. The van der Waals surface area contributed by atoms with E-state index < -0.39 is 12.7 Å². The second kappa shape index (κ2) is 7.86. The van der Waals surface area contributed by atoms with Crippen molar-refractivity contribution in [2.45, 2.75) is 25.6 Å². The Labute approximate surface area is 94.9 Å². The summed E-state index contributed by atoms with van der Waals surface area (Å²) in [4.78, 5) is 1.40. The minimum Gasteiger partial charge on any atom is -0.383 e. The maximum Gasteiger partial charge on any atom is 0.401 e. The highest BCUT2D eigenvalue weighted by atomic mass is 19.4. The van der Waals surface area contributed by atoms with Gasteiger partial charge in [-0.3, -0.25) is 4.90 Å². The van der Waals surface area contributed by atoms with Crippen LogP contribution in [-0.4, -0.2) is 57.5 Å². The number of methoxy groups -OCH3 is 1. The Balaban J connectivity index is 4.19. The fourth-order valence-electron chi connectivity index (χ4n) is 1.54. The Morgan fingerprint density at radius 3 is 2.38 bits per heavy atom. The van der Waals surface area contributed by atoms with E-state index in [4.69, 9.17) is 4.74 Å². The van der Waals surface area contributed by atoms with E-state index in [1.54, 1.807) is 7.05 Å². The van der Waals surface area contributed by atoms with Crippen molar-refractivity contribution in [3.63, 3.8) is 0 Å². The summed E-state index contributed by atoms with van der Waals surface area (Å²) in [5.41, 5.74) is 0. The van der Waals surface area contributed by atoms with Crippen LogP contribution in [0.15, 0.2) is 0 Å². The molecule has 0 rings (SSSR count). The Hall–Kier alpha value is -0.330. The topological polar surface area (TPSA) is 24.5 Å². The zero-order valence-electron chi connectivity index (χ0n) is 10.1. The first-order valence-electron chi connectivity index (χ1n) is 5.38. The van der Waals surface area contributed by atoms with E-state index in [-0.39, 0.29) is 6.04 Å². The number of rotatable bonds is 8. The van der Waals surface area contributed by atoms with Crippen LogP contribution in [0.2, 0.25) is 0 Å². The first kappa shape index (κ1) is 15.7. The third-order valence-corrected chi connectivity index (χ3v) is 2.20. The number of ether oxygens (including phenoxy) is 1. The van der Waals surface area contributed by atoms with E-state index in [1.807, 2.05) is 6.92 Å². The van der Waals surface area contributed by atoms with Gasteiger partial charge in [0.2, 0.25) is 0 Å². The van der Waals surface area contributed by atoms with Crippen molar-refractivity contribution < 1.29 is 17.9 Å². The summed E-state index contributed by atoms with van der Waals surface area (Å²) in [6, 6.07) is -0.0705. The van der Waals surface area contributed by atoms with Gasteiger partial charge < -0.3 is 10.1 Å². The van der Waals surface area contributed by atoms with Gasteiger partial charge in [-0.1, -0.05) is 6.92 Å². The second-order valence-corrected chi connectivity index (χ2v) is 3.79. The van der Waals surface area contributed by atoms with Crippen LogP contribution in [-0.2, 0) is 4.74 Å². The first-order chi connectivity index (χ1) is 7.42. The minimum absolute atomic E-state index is 0.0705.